The Labute approximate surface area is 165 Å². The molecule has 2 atom stereocenters. The lowest BCUT2D eigenvalue weighted by Crippen LogP contribution is -2.74. The second kappa shape index (κ2) is 9.08. The highest BCUT2D eigenvalue weighted by atomic mass is 32.2. The first-order valence-corrected chi connectivity index (χ1v) is 10.4. The van der Waals surface area contributed by atoms with Crippen LogP contribution in [0, 0.1) is 5.41 Å². The van der Waals surface area contributed by atoms with Gasteiger partial charge in [0.2, 0.25) is 5.91 Å². The molecule has 1 saturated carbocycles. The molecule has 6 nitrogen and oxygen atoms in total. The van der Waals surface area contributed by atoms with Crippen molar-refractivity contribution in [2.24, 2.45) is 11.1 Å². The van der Waals surface area contributed by atoms with E-state index < -0.39 is 11.0 Å². The first kappa shape index (κ1) is 21.7. The minimum atomic E-state index is -0.946. The maximum Gasteiger partial charge on any atom is 0.306 e. The average molecular weight is 395 g/mol. The number of carbonyl (C=O) groups is 2. The molecule has 0 heterocycles. The SMILES string of the molecule is CCOC1CC(N)(C(=O)Nc2cccc(CSCCC(=O)OC)c2)C1(C)C. The van der Waals surface area contributed by atoms with Crippen molar-refractivity contribution in [1.82, 2.24) is 0 Å². The number of hydrogen-bond donors (Lipinski definition) is 2. The molecule has 0 aromatic heterocycles. The van der Waals surface area contributed by atoms with Gasteiger partial charge in [0.15, 0.2) is 0 Å². The average Bonchev–Trinajstić information content (AvgIpc) is 2.64. The van der Waals surface area contributed by atoms with Gasteiger partial charge in [-0.1, -0.05) is 26.0 Å². The van der Waals surface area contributed by atoms with E-state index in [4.69, 9.17) is 10.5 Å². The fourth-order valence-corrected chi connectivity index (χ4v) is 4.12. The number of nitrogens with two attached hydrogens (primary N) is 1. The number of esters is 1. The summed E-state index contributed by atoms with van der Waals surface area (Å²) in [7, 11) is 1.39. The standard InChI is InChI=1S/C20H30N2O4S/c1-5-26-16-12-20(21,19(16,2)3)18(24)22-15-8-6-7-14(11-15)13-27-10-9-17(23)25-4/h6-8,11,16H,5,9-10,12-13,21H2,1-4H3,(H,22,24). The van der Waals surface area contributed by atoms with Crippen LogP contribution in [0.4, 0.5) is 5.69 Å². The molecule has 1 amide bonds. The Morgan fingerprint density at radius 1 is 1.37 bits per heavy atom. The number of anilines is 1. The van der Waals surface area contributed by atoms with E-state index in [-0.39, 0.29) is 18.0 Å². The van der Waals surface area contributed by atoms with Gasteiger partial charge in [-0.3, -0.25) is 9.59 Å². The maximum atomic E-state index is 12.8. The molecular formula is C20H30N2O4S. The summed E-state index contributed by atoms with van der Waals surface area (Å²) in [6, 6.07) is 7.70. The van der Waals surface area contributed by atoms with Crippen molar-refractivity contribution < 1.29 is 19.1 Å². The molecule has 0 bridgehead atoms. The Balaban J connectivity index is 1.92. The minimum absolute atomic E-state index is 0.00389. The zero-order chi connectivity index (χ0) is 20.1. The molecule has 27 heavy (non-hydrogen) atoms. The third-order valence-corrected chi connectivity index (χ3v) is 6.40. The van der Waals surface area contributed by atoms with Crippen LogP contribution in [0.15, 0.2) is 24.3 Å². The molecule has 150 valence electrons. The number of hydrogen-bond acceptors (Lipinski definition) is 6. The van der Waals surface area contributed by atoms with E-state index in [9.17, 15) is 9.59 Å². The van der Waals surface area contributed by atoms with Gasteiger partial charge in [0.25, 0.3) is 0 Å². The van der Waals surface area contributed by atoms with E-state index in [1.54, 1.807) is 11.8 Å². The predicted octanol–water partition coefficient (Wildman–Crippen LogP) is 2.95. The molecule has 2 rings (SSSR count). The van der Waals surface area contributed by atoms with E-state index in [0.717, 1.165) is 17.0 Å². The lowest BCUT2D eigenvalue weighted by Gasteiger charge is -2.57. The van der Waals surface area contributed by atoms with Gasteiger partial charge in [0, 0.05) is 35.6 Å². The topological polar surface area (TPSA) is 90.6 Å². The van der Waals surface area contributed by atoms with Gasteiger partial charge in [0.05, 0.1) is 19.6 Å². The monoisotopic (exact) mass is 394 g/mol. The zero-order valence-electron chi connectivity index (χ0n) is 16.5. The number of benzene rings is 1. The first-order valence-electron chi connectivity index (χ1n) is 9.20. The van der Waals surface area contributed by atoms with Gasteiger partial charge in [-0.25, -0.2) is 0 Å². The van der Waals surface area contributed by atoms with Crippen LogP contribution in [-0.4, -0.2) is 43.0 Å². The zero-order valence-corrected chi connectivity index (χ0v) is 17.4. The second-order valence-corrected chi connectivity index (χ2v) is 8.48. The Morgan fingerprint density at radius 3 is 2.74 bits per heavy atom. The maximum absolute atomic E-state index is 12.8. The van der Waals surface area contributed by atoms with Crippen LogP contribution < -0.4 is 11.1 Å². The summed E-state index contributed by atoms with van der Waals surface area (Å²) in [6.07, 6.45) is 0.905. The van der Waals surface area contributed by atoms with Gasteiger partial charge in [-0.2, -0.15) is 11.8 Å². The molecule has 1 fully saturated rings. The van der Waals surface area contributed by atoms with E-state index in [1.807, 2.05) is 45.0 Å². The van der Waals surface area contributed by atoms with E-state index in [2.05, 4.69) is 10.1 Å². The van der Waals surface area contributed by atoms with Crippen molar-refractivity contribution in [3.05, 3.63) is 29.8 Å². The molecule has 0 radical (unpaired) electrons. The molecule has 0 aliphatic heterocycles. The van der Waals surface area contributed by atoms with Crippen LogP contribution in [0.5, 0.6) is 0 Å². The van der Waals surface area contributed by atoms with Crippen LogP contribution in [-0.2, 0) is 24.8 Å². The molecule has 3 N–H and O–H groups in total. The second-order valence-electron chi connectivity index (χ2n) is 7.37. The molecule has 2 unspecified atom stereocenters. The lowest BCUT2D eigenvalue weighted by molar-refractivity contribution is -0.166. The van der Waals surface area contributed by atoms with Gasteiger partial charge in [-0.05, 0) is 24.6 Å². The summed E-state index contributed by atoms with van der Waals surface area (Å²) in [5, 5.41) is 2.96. The highest BCUT2D eigenvalue weighted by molar-refractivity contribution is 7.98. The quantitative estimate of drug-likeness (QED) is 0.494. The molecule has 1 aliphatic carbocycles. The highest BCUT2D eigenvalue weighted by Crippen LogP contribution is 2.50. The molecular weight excluding hydrogens is 364 g/mol. The van der Waals surface area contributed by atoms with Crippen molar-refractivity contribution in [3.63, 3.8) is 0 Å². The van der Waals surface area contributed by atoms with E-state index in [1.165, 1.54) is 7.11 Å². The van der Waals surface area contributed by atoms with Crippen LogP contribution in [0.25, 0.3) is 0 Å². The highest BCUT2D eigenvalue weighted by Gasteiger charge is 2.62. The first-order chi connectivity index (χ1) is 12.7. The van der Waals surface area contributed by atoms with Crippen LogP contribution >= 0.6 is 11.8 Å². The summed E-state index contributed by atoms with van der Waals surface area (Å²) in [6.45, 7) is 6.51. The van der Waals surface area contributed by atoms with E-state index >= 15 is 0 Å². The molecule has 0 saturated heterocycles. The number of methoxy groups -OCH3 is 1. The fourth-order valence-electron chi connectivity index (χ4n) is 3.25. The van der Waals surface area contributed by atoms with Crippen molar-refractivity contribution in [3.8, 4) is 0 Å². The Kier molecular flexibility index (Phi) is 7.31. The molecule has 7 heteroatoms. The number of rotatable bonds is 9. The third kappa shape index (κ3) is 4.83. The van der Waals surface area contributed by atoms with Crippen LogP contribution in [0.1, 0.15) is 39.2 Å². The predicted molar refractivity (Wildman–Crippen MR) is 109 cm³/mol. The largest absolute Gasteiger partial charge is 0.469 e. The number of nitrogens with one attached hydrogen (secondary N) is 1. The number of thioether (sulfide) groups is 1. The summed E-state index contributed by atoms with van der Waals surface area (Å²) in [5.41, 5.74) is 6.87. The Hall–Kier alpha value is -1.57. The molecule has 1 aromatic carbocycles. The number of amides is 1. The molecule has 1 aromatic rings. The van der Waals surface area contributed by atoms with Crippen molar-refractivity contribution in [2.75, 3.05) is 24.8 Å². The van der Waals surface area contributed by atoms with Gasteiger partial charge in [0.1, 0.15) is 5.54 Å². The fraction of sp³-hybridized carbons (Fsp3) is 0.600. The lowest BCUT2D eigenvalue weighted by atomic mass is 9.54. The number of carbonyl (C=O) groups excluding carboxylic acids is 2. The summed E-state index contributed by atoms with van der Waals surface area (Å²) >= 11 is 1.65. The van der Waals surface area contributed by atoms with Crippen LogP contribution in [0.2, 0.25) is 0 Å². The smallest absolute Gasteiger partial charge is 0.306 e. The van der Waals surface area contributed by atoms with Crippen molar-refractivity contribution >= 4 is 29.3 Å². The summed E-state index contributed by atoms with van der Waals surface area (Å²) < 4.78 is 10.3. The van der Waals surface area contributed by atoms with Gasteiger partial charge < -0.3 is 20.5 Å². The Morgan fingerprint density at radius 2 is 2.11 bits per heavy atom. The summed E-state index contributed by atoms with van der Waals surface area (Å²) in [5.74, 6) is 1.07. The van der Waals surface area contributed by atoms with Crippen molar-refractivity contribution in [1.29, 1.82) is 0 Å². The molecule has 1 aliphatic rings. The van der Waals surface area contributed by atoms with Gasteiger partial charge >= 0.3 is 5.97 Å². The third-order valence-electron chi connectivity index (χ3n) is 5.37. The normalized spacial score (nSPS) is 23.4. The van der Waals surface area contributed by atoms with Crippen molar-refractivity contribution in [2.45, 2.75) is 51.0 Å². The molecule has 0 spiro atoms. The minimum Gasteiger partial charge on any atom is -0.469 e. The Bertz CT molecular complexity index is 680. The van der Waals surface area contributed by atoms with Crippen LogP contribution in [0.3, 0.4) is 0 Å². The summed E-state index contributed by atoms with van der Waals surface area (Å²) in [4.78, 5) is 24.0. The number of ether oxygens (including phenoxy) is 2. The van der Waals surface area contributed by atoms with Gasteiger partial charge in [-0.15, -0.1) is 0 Å². The van der Waals surface area contributed by atoms with E-state index in [0.29, 0.717) is 25.2 Å².